The lowest BCUT2D eigenvalue weighted by Gasteiger charge is -2.04. The van der Waals surface area contributed by atoms with E-state index >= 15 is 0 Å². The highest BCUT2D eigenvalue weighted by molar-refractivity contribution is 7.80. The molecule has 0 unspecified atom stereocenters. The predicted octanol–water partition coefficient (Wildman–Crippen LogP) is 0.986. The minimum Gasteiger partial charge on any atom is -0.313 e. The monoisotopic (exact) mass is 245 g/mol. The minimum atomic E-state index is -4.29. The van der Waals surface area contributed by atoms with Crippen molar-refractivity contribution in [2.24, 2.45) is 0 Å². The van der Waals surface area contributed by atoms with Crippen LogP contribution in [-0.2, 0) is 21.1 Å². The van der Waals surface area contributed by atoms with E-state index in [1.165, 1.54) is 0 Å². The average Bonchev–Trinajstić information content (AvgIpc) is 2.23. The van der Waals surface area contributed by atoms with Crippen molar-refractivity contribution in [2.75, 3.05) is 13.2 Å². The maximum absolute atomic E-state index is 10.2. The van der Waals surface area contributed by atoms with Crippen molar-refractivity contribution in [2.45, 2.75) is 13.0 Å². The first-order chi connectivity index (χ1) is 7.58. The molecule has 0 amide bonds. The third-order valence-corrected chi connectivity index (χ3v) is 2.37. The van der Waals surface area contributed by atoms with Crippen molar-refractivity contribution in [3.05, 3.63) is 35.9 Å². The molecule has 90 valence electrons. The Balaban J connectivity index is 2.05. The molecule has 0 aliphatic carbocycles. The summed E-state index contributed by atoms with van der Waals surface area (Å²) in [6.07, 6.45) is 0.520. The Morgan fingerprint density at radius 2 is 1.94 bits per heavy atom. The summed E-state index contributed by atoms with van der Waals surface area (Å²) in [4.78, 5) is 0. The molecule has 0 saturated carbocycles. The first kappa shape index (κ1) is 13.1. The summed E-state index contributed by atoms with van der Waals surface area (Å²) < 4.78 is 32.8. The van der Waals surface area contributed by atoms with Gasteiger partial charge in [-0.05, 0) is 18.5 Å². The van der Waals surface area contributed by atoms with E-state index < -0.39 is 10.4 Å². The van der Waals surface area contributed by atoms with Crippen LogP contribution in [0.4, 0.5) is 0 Å². The fourth-order valence-electron chi connectivity index (χ4n) is 1.19. The zero-order valence-corrected chi connectivity index (χ0v) is 9.61. The van der Waals surface area contributed by atoms with Gasteiger partial charge < -0.3 is 5.32 Å². The molecule has 1 aromatic rings. The minimum absolute atomic E-state index is 0.0133. The number of nitrogens with one attached hydrogen (secondary N) is 1. The van der Waals surface area contributed by atoms with E-state index in [9.17, 15) is 8.42 Å². The van der Waals surface area contributed by atoms with Gasteiger partial charge in [0.25, 0.3) is 0 Å². The Morgan fingerprint density at radius 1 is 1.25 bits per heavy atom. The molecule has 0 aromatic heterocycles. The zero-order chi connectivity index (χ0) is 11.9. The van der Waals surface area contributed by atoms with Crippen molar-refractivity contribution in [3.63, 3.8) is 0 Å². The zero-order valence-electron chi connectivity index (χ0n) is 8.80. The standard InChI is InChI=1S/C10H15NO4S/c12-16(13,14)15-8-4-7-11-9-10-5-2-1-3-6-10/h1-3,5-6,11H,4,7-9H2,(H,12,13,14). The summed E-state index contributed by atoms with van der Waals surface area (Å²) in [5.41, 5.74) is 1.16. The van der Waals surface area contributed by atoms with E-state index in [2.05, 4.69) is 9.50 Å². The van der Waals surface area contributed by atoms with Crippen molar-refractivity contribution in [1.82, 2.24) is 5.32 Å². The number of benzene rings is 1. The van der Waals surface area contributed by atoms with Crippen LogP contribution in [0, 0.1) is 0 Å². The van der Waals surface area contributed by atoms with Crippen LogP contribution in [0.25, 0.3) is 0 Å². The van der Waals surface area contributed by atoms with E-state index in [1.54, 1.807) is 0 Å². The molecule has 0 spiro atoms. The highest BCUT2D eigenvalue weighted by Gasteiger charge is 2.02. The molecule has 0 radical (unpaired) electrons. The molecule has 16 heavy (non-hydrogen) atoms. The fourth-order valence-corrected chi connectivity index (χ4v) is 1.52. The van der Waals surface area contributed by atoms with E-state index in [4.69, 9.17) is 4.55 Å². The molecule has 6 heteroatoms. The Bertz CT molecular complexity index is 391. The van der Waals surface area contributed by atoms with Crippen LogP contribution in [0.5, 0.6) is 0 Å². The Morgan fingerprint density at radius 3 is 2.56 bits per heavy atom. The predicted molar refractivity (Wildman–Crippen MR) is 60.3 cm³/mol. The van der Waals surface area contributed by atoms with Crippen LogP contribution < -0.4 is 5.32 Å². The first-order valence-corrected chi connectivity index (χ1v) is 6.31. The number of rotatable bonds is 7. The normalized spacial score (nSPS) is 11.6. The van der Waals surface area contributed by atoms with Gasteiger partial charge in [0, 0.05) is 6.54 Å². The Kier molecular flexibility index (Phi) is 5.41. The molecular formula is C10H15NO4S. The molecular weight excluding hydrogens is 230 g/mol. The van der Waals surface area contributed by atoms with Gasteiger partial charge in [0.2, 0.25) is 0 Å². The van der Waals surface area contributed by atoms with Gasteiger partial charge in [-0.3, -0.25) is 4.55 Å². The van der Waals surface area contributed by atoms with Crippen molar-refractivity contribution in [3.8, 4) is 0 Å². The smallest absolute Gasteiger partial charge is 0.313 e. The lowest BCUT2D eigenvalue weighted by atomic mass is 10.2. The van der Waals surface area contributed by atoms with E-state index in [0.29, 0.717) is 13.0 Å². The summed E-state index contributed by atoms with van der Waals surface area (Å²) in [6.45, 7) is 1.34. The maximum atomic E-state index is 10.2. The van der Waals surface area contributed by atoms with Gasteiger partial charge in [-0.2, -0.15) is 8.42 Å². The van der Waals surface area contributed by atoms with Gasteiger partial charge in [0.05, 0.1) is 6.61 Å². The van der Waals surface area contributed by atoms with Crippen LogP contribution in [0.2, 0.25) is 0 Å². The van der Waals surface area contributed by atoms with Crippen LogP contribution in [0.15, 0.2) is 30.3 Å². The third kappa shape index (κ3) is 6.52. The third-order valence-electron chi connectivity index (χ3n) is 1.90. The second-order valence-electron chi connectivity index (χ2n) is 3.27. The summed E-state index contributed by atoms with van der Waals surface area (Å²) >= 11 is 0. The molecule has 5 nitrogen and oxygen atoms in total. The van der Waals surface area contributed by atoms with Gasteiger partial charge in [-0.15, -0.1) is 0 Å². The molecule has 0 bridgehead atoms. The van der Waals surface area contributed by atoms with Crippen molar-refractivity contribution < 1.29 is 17.2 Å². The molecule has 0 fully saturated rings. The molecule has 1 aromatic carbocycles. The average molecular weight is 245 g/mol. The second-order valence-corrected chi connectivity index (χ2v) is 4.36. The molecule has 0 heterocycles. The lowest BCUT2D eigenvalue weighted by Crippen LogP contribution is -2.17. The summed E-state index contributed by atoms with van der Waals surface area (Å²) in [5, 5.41) is 3.13. The Labute approximate surface area is 95.4 Å². The number of hydrogen-bond acceptors (Lipinski definition) is 4. The van der Waals surface area contributed by atoms with Gasteiger partial charge in [0.15, 0.2) is 0 Å². The molecule has 2 N–H and O–H groups in total. The van der Waals surface area contributed by atoms with Crippen molar-refractivity contribution in [1.29, 1.82) is 0 Å². The number of hydrogen-bond donors (Lipinski definition) is 2. The summed E-state index contributed by atoms with van der Waals surface area (Å²) in [6, 6.07) is 9.86. The fraction of sp³-hybridized carbons (Fsp3) is 0.400. The van der Waals surface area contributed by atoms with E-state index in [0.717, 1.165) is 12.1 Å². The summed E-state index contributed by atoms with van der Waals surface area (Å²) in [5.74, 6) is 0. The molecule has 1 rings (SSSR count). The van der Waals surface area contributed by atoms with Gasteiger partial charge in [0.1, 0.15) is 0 Å². The van der Waals surface area contributed by atoms with E-state index in [-0.39, 0.29) is 6.61 Å². The van der Waals surface area contributed by atoms with Gasteiger partial charge >= 0.3 is 10.4 Å². The molecule has 0 saturated heterocycles. The highest BCUT2D eigenvalue weighted by atomic mass is 32.3. The highest BCUT2D eigenvalue weighted by Crippen LogP contribution is 1.97. The molecule has 0 atom stereocenters. The van der Waals surface area contributed by atoms with Gasteiger partial charge in [-0.25, -0.2) is 4.18 Å². The maximum Gasteiger partial charge on any atom is 0.397 e. The van der Waals surface area contributed by atoms with Crippen LogP contribution in [0.1, 0.15) is 12.0 Å². The second kappa shape index (κ2) is 6.59. The molecule has 0 aliphatic rings. The largest absolute Gasteiger partial charge is 0.397 e. The van der Waals surface area contributed by atoms with Crippen molar-refractivity contribution >= 4 is 10.4 Å². The van der Waals surface area contributed by atoms with Gasteiger partial charge in [-0.1, -0.05) is 30.3 Å². The Hall–Kier alpha value is -0.950. The molecule has 0 aliphatic heterocycles. The van der Waals surface area contributed by atoms with E-state index in [1.807, 2.05) is 30.3 Å². The van der Waals surface area contributed by atoms with Crippen LogP contribution in [-0.4, -0.2) is 26.1 Å². The lowest BCUT2D eigenvalue weighted by molar-refractivity contribution is 0.263. The van der Waals surface area contributed by atoms with Crippen LogP contribution in [0.3, 0.4) is 0 Å². The van der Waals surface area contributed by atoms with Crippen LogP contribution >= 0.6 is 0 Å². The first-order valence-electron chi connectivity index (χ1n) is 4.94. The topological polar surface area (TPSA) is 75.6 Å². The SMILES string of the molecule is O=S(=O)(O)OCCCNCc1ccccc1. The summed E-state index contributed by atoms with van der Waals surface area (Å²) in [7, 11) is -4.29. The quantitative estimate of drug-likeness (QED) is 0.553.